The van der Waals surface area contributed by atoms with Crippen LogP contribution in [0.2, 0.25) is 38.3 Å². The average Bonchev–Trinajstić information content (AvgIpc) is 2.58. The van der Waals surface area contributed by atoms with Gasteiger partial charge in [0.1, 0.15) is 0 Å². The zero-order valence-corrected chi connectivity index (χ0v) is 22.0. The summed E-state index contributed by atoms with van der Waals surface area (Å²) in [5.74, 6) is -3.04. The van der Waals surface area contributed by atoms with Crippen LogP contribution in [0, 0.1) is 0 Å². The third kappa shape index (κ3) is 26.3. The van der Waals surface area contributed by atoms with Crippen LogP contribution in [0.5, 0.6) is 0 Å². The average molecular weight is 495 g/mol. The lowest BCUT2D eigenvalue weighted by molar-refractivity contribution is -0.138. The molecular weight excluding hydrogens is 452 g/mol. The maximum Gasteiger partial charge on any atom is 0.303 e. The maximum absolute atomic E-state index is 10.5. The summed E-state index contributed by atoms with van der Waals surface area (Å²) in [7, 11) is -3.66. The van der Waals surface area contributed by atoms with Gasteiger partial charge >= 0.3 is 23.9 Å². The van der Waals surface area contributed by atoms with Crippen LogP contribution in [-0.2, 0) is 23.3 Å². The molecule has 188 valence electrons. The largest absolute Gasteiger partial charge is 0.481 e. The molecule has 0 atom stereocenters. The lowest BCUT2D eigenvalue weighted by Crippen LogP contribution is -2.44. The quantitative estimate of drug-likeness (QED) is 0.151. The Kier molecular flexibility index (Phi) is 18.0. The first-order chi connectivity index (χ1) is 14.7. The van der Waals surface area contributed by atoms with Crippen LogP contribution in [0.1, 0.15) is 70.6 Å². The molecule has 0 radical (unpaired) electrons. The molecule has 0 aromatic carbocycles. The number of carbonyl (C=O) groups is 4. The Morgan fingerprint density at radius 2 is 0.750 bits per heavy atom. The number of unbranched alkanes of at least 4 members (excludes halogenated alkanes) is 4. The van der Waals surface area contributed by atoms with Crippen LogP contribution in [0.3, 0.4) is 0 Å². The molecule has 0 amide bonds. The van der Waals surface area contributed by atoms with E-state index in [0.717, 1.165) is 31.4 Å². The number of carboxylic acids is 4. The molecule has 0 rings (SSSR count). The monoisotopic (exact) mass is 494 g/mol. The van der Waals surface area contributed by atoms with E-state index in [4.69, 9.17) is 24.5 Å². The molecule has 0 aromatic heterocycles. The standard InChI is InChI=1S/C12H26O5Si2.C9H16O4/c1-18(2,9-5-7-11(13)14)17-19(3,4)10-6-8-12(15)16;10-8(11)6-4-2-1-3-5-7-9(12)13/h5-10H2,1-4H3,(H,13,14)(H,15,16);1-7H2,(H,10,11)(H,12,13). The molecule has 0 saturated carbocycles. The van der Waals surface area contributed by atoms with E-state index in [1.165, 1.54) is 0 Å². The highest BCUT2D eigenvalue weighted by Gasteiger charge is 2.32. The first kappa shape index (κ1) is 32.5. The molecule has 0 aliphatic rings. The van der Waals surface area contributed by atoms with Gasteiger partial charge in [-0.1, -0.05) is 19.3 Å². The second-order valence-electron chi connectivity index (χ2n) is 9.17. The van der Waals surface area contributed by atoms with Crippen molar-refractivity contribution in [3.63, 3.8) is 0 Å². The van der Waals surface area contributed by atoms with Crippen molar-refractivity contribution in [2.45, 2.75) is 109 Å². The first-order valence-corrected chi connectivity index (χ1v) is 17.5. The van der Waals surface area contributed by atoms with Crippen molar-refractivity contribution in [3.8, 4) is 0 Å². The molecule has 0 unspecified atom stereocenters. The lowest BCUT2D eigenvalue weighted by Gasteiger charge is -2.34. The van der Waals surface area contributed by atoms with Gasteiger partial charge in [0.05, 0.1) is 0 Å². The summed E-state index contributed by atoms with van der Waals surface area (Å²) in [4.78, 5) is 41.2. The van der Waals surface area contributed by atoms with E-state index in [1.54, 1.807) is 0 Å². The van der Waals surface area contributed by atoms with Crippen molar-refractivity contribution in [2.75, 3.05) is 0 Å². The van der Waals surface area contributed by atoms with E-state index in [-0.39, 0.29) is 25.7 Å². The molecule has 0 fully saturated rings. The lowest BCUT2D eigenvalue weighted by atomic mass is 10.1. The van der Waals surface area contributed by atoms with Crippen molar-refractivity contribution in [1.29, 1.82) is 0 Å². The van der Waals surface area contributed by atoms with Crippen LogP contribution in [-0.4, -0.2) is 60.9 Å². The van der Waals surface area contributed by atoms with Gasteiger partial charge in [-0.05, 0) is 64.0 Å². The minimum Gasteiger partial charge on any atom is -0.481 e. The van der Waals surface area contributed by atoms with Crippen LogP contribution in [0.25, 0.3) is 0 Å². The molecule has 0 heterocycles. The zero-order chi connectivity index (χ0) is 25.2. The molecule has 0 aliphatic carbocycles. The van der Waals surface area contributed by atoms with Gasteiger partial charge in [-0.15, -0.1) is 0 Å². The summed E-state index contributed by atoms with van der Waals surface area (Å²) >= 11 is 0. The molecule has 0 aliphatic heterocycles. The van der Waals surface area contributed by atoms with Crippen LogP contribution < -0.4 is 0 Å². The highest BCUT2D eigenvalue weighted by molar-refractivity contribution is 6.84. The normalized spacial score (nSPS) is 11.4. The van der Waals surface area contributed by atoms with E-state index >= 15 is 0 Å². The summed E-state index contributed by atoms with van der Waals surface area (Å²) in [6, 6.07) is 1.68. The van der Waals surface area contributed by atoms with Crippen molar-refractivity contribution in [1.82, 2.24) is 0 Å². The number of aliphatic carboxylic acids is 4. The van der Waals surface area contributed by atoms with E-state index in [0.29, 0.717) is 25.7 Å². The fraction of sp³-hybridized carbons (Fsp3) is 0.810. The summed E-state index contributed by atoms with van der Waals surface area (Å²) in [5.41, 5.74) is 0. The topological polar surface area (TPSA) is 158 Å². The highest BCUT2D eigenvalue weighted by atomic mass is 28.4. The number of hydrogen-bond donors (Lipinski definition) is 4. The summed E-state index contributed by atoms with van der Waals surface area (Å²) in [6.07, 6.45) is 6.24. The SMILES string of the molecule is C[Si](C)(CCCC(=O)O)O[Si](C)(C)CCCC(=O)O.O=C(O)CCCCCCCC(=O)O. The minimum absolute atomic E-state index is 0.195. The number of carboxylic acid groups (broad SMARTS) is 4. The van der Waals surface area contributed by atoms with Gasteiger partial charge < -0.3 is 24.5 Å². The Labute approximate surface area is 193 Å². The molecule has 9 nitrogen and oxygen atoms in total. The van der Waals surface area contributed by atoms with Crippen LogP contribution in [0.4, 0.5) is 0 Å². The third-order valence-corrected chi connectivity index (χ3v) is 12.2. The fourth-order valence-electron chi connectivity index (χ4n) is 3.26. The van der Waals surface area contributed by atoms with Crippen molar-refractivity contribution in [3.05, 3.63) is 0 Å². The summed E-state index contributed by atoms with van der Waals surface area (Å²) in [5, 5.41) is 33.9. The van der Waals surface area contributed by atoms with Gasteiger partial charge in [-0.2, -0.15) is 0 Å². The fourth-order valence-corrected chi connectivity index (χ4v) is 12.1. The number of hydrogen-bond acceptors (Lipinski definition) is 5. The van der Waals surface area contributed by atoms with Crippen molar-refractivity contribution < 1.29 is 43.7 Å². The second kappa shape index (κ2) is 17.8. The molecule has 0 saturated heterocycles. The predicted molar refractivity (Wildman–Crippen MR) is 127 cm³/mol. The van der Waals surface area contributed by atoms with E-state index in [9.17, 15) is 19.2 Å². The van der Waals surface area contributed by atoms with Crippen LogP contribution >= 0.6 is 0 Å². The Hall–Kier alpha value is -1.73. The van der Waals surface area contributed by atoms with Gasteiger partial charge in [0.15, 0.2) is 16.6 Å². The Morgan fingerprint density at radius 3 is 1.03 bits per heavy atom. The third-order valence-electron chi connectivity index (χ3n) is 4.67. The van der Waals surface area contributed by atoms with Gasteiger partial charge in [-0.25, -0.2) is 0 Å². The zero-order valence-electron chi connectivity index (χ0n) is 20.0. The first-order valence-electron chi connectivity index (χ1n) is 11.2. The molecule has 32 heavy (non-hydrogen) atoms. The second-order valence-corrected chi connectivity index (χ2v) is 18.0. The maximum atomic E-state index is 10.5. The van der Waals surface area contributed by atoms with Gasteiger partial charge in [0.25, 0.3) is 0 Å². The smallest absolute Gasteiger partial charge is 0.303 e. The molecule has 11 heteroatoms. The molecule has 4 N–H and O–H groups in total. The van der Waals surface area contributed by atoms with E-state index < -0.39 is 40.5 Å². The molecule has 0 aromatic rings. The Bertz CT molecular complexity index is 530. The van der Waals surface area contributed by atoms with Gasteiger partial charge in [0.2, 0.25) is 0 Å². The van der Waals surface area contributed by atoms with Crippen molar-refractivity contribution >= 4 is 40.5 Å². The van der Waals surface area contributed by atoms with E-state index in [1.807, 2.05) is 0 Å². The Balaban J connectivity index is 0. The van der Waals surface area contributed by atoms with E-state index in [2.05, 4.69) is 26.2 Å². The molecule has 0 spiro atoms. The summed E-state index contributed by atoms with van der Waals surface area (Å²) in [6.45, 7) is 8.45. The van der Waals surface area contributed by atoms with Gasteiger partial charge in [-0.3, -0.25) is 19.2 Å². The summed E-state index contributed by atoms with van der Waals surface area (Å²) < 4.78 is 6.28. The minimum atomic E-state index is -1.83. The van der Waals surface area contributed by atoms with Gasteiger partial charge in [0, 0.05) is 25.7 Å². The highest BCUT2D eigenvalue weighted by Crippen LogP contribution is 2.24. The number of rotatable bonds is 18. The van der Waals surface area contributed by atoms with Crippen molar-refractivity contribution in [2.24, 2.45) is 0 Å². The predicted octanol–water partition coefficient (Wildman–Crippen LogP) is 5.03. The molecule has 0 bridgehead atoms. The van der Waals surface area contributed by atoms with Crippen LogP contribution in [0.15, 0.2) is 0 Å². The molecular formula is C21H42O9Si2. The Morgan fingerprint density at radius 1 is 0.500 bits per heavy atom.